The maximum absolute atomic E-state index is 11.2. The second-order valence-electron chi connectivity index (χ2n) is 5.50. The number of hydrogen-bond donors (Lipinski definition) is 2. The summed E-state index contributed by atoms with van der Waals surface area (Å²) in [4.78, 5) is 12.9. The fourth-order valence-electron chi connectivity index (χ4n) is 3.44. The Morgan fingerprint density at radius 3 is 2.41 bits per heavy atom. The van der Waals surface area contributed by atoms with Crippen LogP contribution in [0.5, 0.6) is 0 Å². The maximum Gasteiger partial charge on any atom is 0.407 e. The van der Waals surface area contributed by atoms with Gasteiger partial charge in [-0.05, 0) is 56.8 Å². The molecule has 4 nitrogen and oxygen atoms in total. The quantitative estimate of drug-likeness (QED) is 0.780. The van der Waals surface area contributed by atoms with Crippen molar-refractivity contribution in [3.63, 3.8) is 0 Å². The standard InChI is InChI=1S/C13H23NO3/c15-9-10-4-6-11(7-5-10)12-3-1-2-8-14(12)13(16)17/h10-12,15H,1-9H2,(H,16,17). The lowest BCUT2D eigenvalue weighted by Gasteiger charge is -2.41. The van der Waals surface area contributed by atoms with Crippen molar-refractivity contribution in [2.24, 2.45) is 11.8 Å². The summed E-state index contributed by atoms with van der Waals surface area (Å²) in [6, 6.07) is 0.237. The largest absolute Gasteiger partial charge is 0.465 e. The lowest BCUT2D eigenvalue weighted by molar-refractivity contribution is 0.0599. The Kier molecular flexibility index (Phi) is 4.26. The molecular weight excluding hydrogens is 218 g/mol. The first kappa shape index (κ1) is 12.7. The zero-order chi connectivity index (χ0) is 12.3. The van der Waals surface area contributed by atoms with E-state index in [0.29, 0.717) is 25.0 Å². The molecule has 0 spiro atoms. The van der Waals surface area contributed by atoms with E-state index in [1.165, 1.54) is 0 Å². The van der Waals surface area contributed by atoms with Crippen molar-refractivity contribution >= 4 is 6.09 Å². The Balaban J connectivity index is 1.93. The van der Waals surface area contributed by atoms with E-state index in [1.807, 2.05) is 0 Å². The normalized spacial score (nSPS) is 34.6. The SMILES string of the molecule is O=C(O)N1CCCCC1C1CCC(CO)CC1. The lowest BCUT2D eigenvalue weighted by Crippen LogP contribution is -2.47. The van der Waals surface area contributed by atoms with Gasteiger partial charge in [-0.15, -0.1) is 0 Å². The minimum absolute atomic E-state index is 0.237. The average molecular weight is 241 g/mol. The molecule has 0 bridgehead atoms. The number of nitrogens with zero attached hydrogens (tertiary/aromatic N) is 1. The van der Waals surface area contributed by atoms with Crippen molar-refractivity contribution in [3.8, 4) is 0 Å². The molecule has 17 heavy (non-hydrogen) atoms. The van der Waals surface area contributed by atoms with E-state index in [4.69, 9.17) is 5.11 Å². The minimum atomic E-state index is -0.751. The predicted octanol–water partition coefficient (Wildman–Crippen LogP) is 2.32. The Labute approximate surface area is 103 Å². The minimum Gasteiger partial charge on any atom is -0.465 e. The Bertz CT molecular complexity index is 261. The third-order valence-electron chi connectivity index (χ3n) is 4.49. The van der Waals surface area contributed by atoms with Crippen LogP contribution in [-0.2, 0) is 0 Å². The van der Waals surface area contributed by atoms with Gasteiger partial charge in [0.15, 0.2) is 0 Å². The van der Waals surface area contributed by atoms with Gasteiger partial charge in [-0.25, -0.2) is 4.79 Å². The van der Waals surface area contributed by atoms with Crippen LogP contribution in [0.3, 0.4) is 0 Å². The molecule has 0 aromatic rings. The molecule has 0 aromatic heterocycles. The third-order valence-corrected chi connectivity index (χ3v) is 4.49. The molecule has 1 saturated heterocycles. The second-order valence-corrected chi connectivity index (χ2v) is 5.50. The summed E-state index contributed by atoms with van der Waals surface area (Å²) >= 11 is 0. The van der Waals surface area contributed by atoms with E-state index >= 15 is 0 Å². The highest BCUT2D eigenvalue weighted by Gasteiger charge is 2.34. The molecule has 0 radical (unpaired) electrons. The molecule has 2 rings (SSSR count). The van der Waals surface area contributed by atoms with Crippen LogP contribution in [0.15, 0.2) is 0 Å². The molecule has 4 heteroatoms. The molecule has 98 valence electrons. The molecular formula is C13H23NO3. The van der Waals surface area contributed by atoms with Gasteiger partial charge in [-0.2, -0.15) is 0 Å². The first-order valence-corrected chi connectivity index (χ1v) is 6.82. The van der Waals surface area contributed by atoms with Gasteiger partial charge < -0.3 is 15.1 Å². The first-order valence-electron chi connectivity index (χ1n) is 6.82. The van der Waals surface area contributed by atoms with Crippen molar-refractivity contribution in [2.45, 2.75) is 51.0 Å². The number of aliphatic hydroxyl groups excluding tert-OH is 1. The van der Waals surface area contributed by atoms with E-state index in [9.17, 15) is 9.90 Å². The van der Waals surface area contributed by atoms with Crippen LogP contribution in [0.4, 0.5) is 4.79 Å². The number of hydrogen-bond acceptors (Lipinski definition) is 2. The van der Waals surface area contributed by atoms with Gasteiger partial charge in [0.05, 0.1) is 0 Å². The number of rotatable bonds is 2. The monoisotopic (exact) mass is 241 g/mol. The molecule has 1 saturated carbocycles. The zero-order valence-electron chi connectivity index (χ0n) is 10.3. The first-order chi connectivity index (χ1) is 8.22. The van der Waals surface area contributed by atoms with Crippen molar-refractivity contribution in [2.75, 3.05) is 13.2 Å². The van der Waals surface area contributed by atoms with Crippen molar-refractivity contribution in [3.05, 3.63) is 0 Å². The molecule has 2 aliphatic rings. The van der Waals surface area contributed by atoms with Gasteiger partial charge >= 0.3 is 6.09 Å². The van der Waals surface area contributed by atoms with Crippen LogP contribution in [0.2, 0.25) is 0 Å². The molecule has 1 aliphatic carbocycles. The van der Waals surface area contributed by atoms with Crippen molar-refractivity contribution in [1.29, 1.82) is 0 Å². The summed E-state index contributed by atoms with van der Waals surface area (Å²) in [5, 5.41) is 18.3. The number of amides is 1. The van der Waals surface area contributed by atoms with Crippen molar-refractivity contribution in [1.82, 2.24) is 4.90 Å². The third kappa shape index (κ3) is 2.92. The van der Waals surface area contributed by atoms with Gasteiger partial charge in [0.25, 0.3) is 0 Å². The van der Waals surface area contributed by atoms with Crippen LogP contribution >= 0.6 is 0 Å². The molecule has 1 atom stereocenters. The van der Waals surface area contributed by atoms with Crippen LogP contribution in [0, 0.1) is 11.8 Å². The van der Waals surface area contributed by atoms with Crippen LogP contribution in [0.1, 0.15) is 44.9 Å². The van der Waals surface area contributed by atoms with Crippen LogP contribution in [0.25, 0.3) is 0 Å². The zero-order valence-corrected chi connectivity index (χ0v) is 10.3. The summed E-state index contributed by atoms with van der Waals surface area (Å²) < 4.78 is 0. The predicted molar refractivity (Wildman–Crippen MR) is 64.9 cm³/mol. The number of carboxylic acid groups (broad SMARTS) is 1. The highest BCUT2D eigenvalue weighted by atomic mass is 16.4. The number of piperidine rings is 1. The van der Waals surface area contributed by atoms with Gasteiger partial charge in [0.1, 0.15) is 0 Å². The summed E-state index contributed by atoms with van der Waals surface area (Å²) in [6.45, 7) is 1.000. The van der Waals surface area contributed by atoms with Crippen LogP contribution in [-0.4, -0.2) is 40.4 Å². The van der Waals surface area contributed by atoms with E-state index in [0.717, 1.165) is 44.9 Å². The van der Waals surface area contributed by atoms with E-state index in [2.05, 4.69) is 0 Å². The summed E-state index contributed by atoms with van der Waals surface area (Å²) in [5.41, 5.74) is 0. The highest BCUT2D eigenvalue weighted by molar-refractivity contribution is 5.65. The van der Waals surface area contributed by atoms with Gasteiger partial charge in [0, 0.05) is 19.2 Å². The maximum atomic E-state index is 11.2. The van der Waals surface area contributed by atoms with E-state index in [-0.39, 0.29) is 6.04 Å². The fraction of sp³-hybridized carbons (Fsp3) is 0.923. The average Bonchev–Trinajstić information content (AvgIpc) is 2.39. The topological polar surface area (TPSA) is 60.8 Å². The van der Waals surface area contributed by atoms with E-state index < -0.39 is 6.09 Å². The Morgan fingerprint density at radius 1 is 1.12 bits per heavy atom. The fourth-order valence-corrected chi connectivity index (χ4v) is 3.44. The number of carbonyl (C=O) groups is 1. The molecule has 1 aliphatic heterocycles. The molecule has 1 unspecified atom stereocenters. The van der Waals surface area contributed by atoms with Gasteiger partial charge in [-0.1, -0.05) is 0 Å². The van der Waals surface area contributed by atoms with Crippen molar-refractivity contribution < 1.29 is 15.0 Å². The van der Waals surface area contributed by atoms with Crippen LogP contribution < -0.4 is 0 Å². The number of likely N-dealkylation sites (tertiary alicyclic amines) is 1. The molecule has 1 heterocycles. The number of aliphatic hydroxyl groups is 1. The molecule has 1 amide bonds. The smallest absolute Gasteiger partial charge is 0.407 e. The van der Waals surface area contributed by atoms with E-state index in [1.54, 1.807) is 4.90 Å². The Hall–Kier alpha value is -0.770. The molecule has 0 aromatic carbocycles. The summed E-state index contributed by atoms with van der Waals surface area (Å²) in [7, 11) is 0. The summed E-state index contributed by atoms with van der Waals surface area (Å²) in [6.07, 6.45) is 6.73. The van der Waals surface area contributed by atoms with Gasteiger partial charge in [-0.3, -0.25) is 0 Å². The summed E-state index contributed by atoms with van der Waals surface area (Å²) in [5.74, 6) is 0.974. The Morgan fingerprint density at radius 2 is 1.82 bits per heavy atom. The molecule has 2 fully saturated rings. The second kappa shape index (κ2) is 5.71. The van der Waals surface area contributed by atoms with Gasteiger partial charge in [0.2, 0.25) is 0 Å². The molecule has 2 N–H and O–H groups in total. The highest BCUT2D eigenvalue weighted by Crippen LogP contribution is 2.35. The lowest BCUT2D eigenvalue weighted by atomic mass is 9.76.